The quantitative estimate of drug-likeness (QED) is 0.715. The maximum Gasteiger partial charge on any atom is 0.0211 e. The third kappa shape index (κ3) is 2.61. The zero-order chi connectivity index (χ0) is 12.3. The molecule has 0 aromatic rings. The van der Waals surface area contributed by atoms with Crippen LogP contribution >= 0.6 is 0 Å². The predicted molar refractivity (Wildman–Crippen MR) is 72.3 cm³/mol. The molecule has 0 amide bonds. The van der Waals surface area contributed by atoms with Crippen LogP contribution in [0.1, 0.15) is 66.7 Å². The Labute approximate surface area is 102 Å². The summed E-state index contributed by atoms with van der Waals surface area (Å²) < 4.78 is 0. The fraction of sp³-hybridized carbons (Fsp3) is 1.00. The standard InChI is InChI=1S/C15H31N/c1-6-12(4)15(16)10-14(7-2)9-8-11(3)13(15)5/h11-14H,6-10,16H2,1-5H3. The Hall–Kier alpha value is -0.0400. The van der Waals surface area contributed by atoms with Crippen molar-refractivity contribution >= 4 is 0 Å². The summed E-state index contributed by atoms with van der Waals surface area (Å²) >= 11 is 0. The van der Waals surface area contributed by atoms with Crippen LogP contribution in [0.15, 0.2) is 0 Å². The summed E-state index contributed by atoms with van der Waals surface area (Å²) in [5.41, 5.74) is 6.89. The van der Waals surface area contributed by atoms with Gasteiger partial charge in [0.15, 0.2) is 0 Å². The highest BCUT2D eigenvalue weighted by Crippen LogP contribution is 2.42. The van der Waals surface area contributed by atoms with E-state index in [4.69, 9.17) is 5.73 Å². The van der Waals surface area contributed by atoms with Crippen LogP contribution in [-0.4, -0.2) is 5.54 Å². The van der Waals surface area contributed by atoms with Gasteiger partial charge in [0.1, 0.15) is 0 Å². The Morgan fingerprint density at radius 1 is 1.25 bits per heavy atom. The fourth-order valence-electron chi connectivity index (χ4n) is 3.44. The van der Waals surface area contributed by atoms with Crippen molar-refractivity contribution in [2.45, 2.75) is 72.3 Å². The van der Waals surface area contributed by atoms with Gasteiger partial charge in [-0.3, -0.25) is 0 Å². The highest BCUT2D eigenvalue weighted by Gasteiger charge is 2.42. The molecule has 2 N–H and O–H groups in total. The summed E-state index contributed by atoms with van der Waals surface area (Å²) in [7, 11) is 0. The van der Waals surface area contributed by atoms with E-state index in [1.54, 1.807) is 0 Å². The minimum atomic E-state index is 0.0747. The third-order valence-electron chi connectivity index (χ3n) is 5.48. The molecular weight excluding hydrogens is 194 g/mol. The molecule has 0 spiro atoms. The maximum atomic E-state index is 6.81. The van der Waals surface area contributed by atoms with Crippen LogP contribution in [0.4, 0.5) is 0 Å². The maximum absolute atomic E-state index is 6.81. The fourth-order valence-corrected chi connectivity index (χ4v) is 3.44. The van der Waals surface area contributed by atoms with Crippen LogP contribution in [0, 0.1) is 23.7 Å². The van der Waals surface area contributed by atoms with Crippen LogP contribution in [0.25, 0.3) is 0 Å². The first-order chi connectivity index (χ1) is 7.45. The zero-order valence-electron chi connectivity index (χ0n) is 11.9. The Kier molecular flexibility index (Phi) is 4.85. The second kappa shape index (κ2) is 5.53. The minimum absolute atomic E-state index is 0.0747. The zero-order valence-corrected chi connectivity index (χ0v) is 11.9. The molecule has 1 aliphatic carbocycles. The van der Waals surface area contributed by atoms with Gasteiger partial charge in [0.05, 0.1) is 0 Å². The van der Waals surface area contributed by atoms with E-state index >= 15 is 0 Å². The molecule has 16 heavy (non-hydrogen) atoms. The van der Waals surface area contributed by atoms with Crippen molar-refractivity contribution in [2.24, 2.45) is 29.4 Å². The molecule has 0 saturated heterocycles. The molecule has 1 saturated carbocycles. The van der Waals surface area contributed by atoms with Crippen molar-refractivity contribution in [2.75, 3.05) is 0 Å². The second-order valence-electron chi connectivity index (χ2n) is 6.24. The Morgan fingerprint density at radius 2 is 1.88 bits per heavy atom. The largest absolute Gasteiger partial charge is 0.325 e. The first-order valence-electron chi connectivity index (χ1n) is 7.24. The average Bonchev–Trinajstić information content (AvgIpc) is 2.40. The van der Waals surface area contributed by atoms with Gasteiger partial charge in [-0.25, -0.2) is 0 Å². The molecule has 1 heteroatoms. The van der Waals surface area contributed by atoms with E-state index in [0.717, 1.165) is 11.8 Å². The molecule has 0 heterocycles. The third-order valence-corrected chi connectivity index (χ3v) is 5.48. The van der Waals surface area contributed by atoms with Crippen LogP contribution < -0.4 is 5.73 Å². The van der Waals surface area contributed by atoms with Gasteiger partial charge in [-0.15, -0.1) is 0 Å². The molecule has 1 rings (SSSR count). The van der Waals surface area contributed by atoms with Gasteiger partial charge >= 0.3 is 0 Å². The lowest BCUT2D eigenvalue weighted by Crippen LogP contribution is -2.53. The summed E-state index contributed by atoms with van der Waals surface area (Å²) in [6.45, 7) is 11.7. The Balaban J connectivity index is 2.91. The first kappa shape index (κ1) is 14.0. The van der Waals surface area contributed by atoms with Gasteiger partial charge in [0.2, 0.25) is 0 Å². The molecule has 0 bridgehead atoms. The average molecular weight is 225 g/mol. The predicted octanol–water partition coefficient (Wildman–Crippen LogP) is 4.21. The smallest absolute Gasteiger partial charge is 0.0211 e. The molecule has 5 atom stereocenters. The molecule has 5 unspecified atom stereocenters. The SMILES string of the molecule is CCC1CCC(C)C(C)C(N)(C(C)CC)C1. The van der Waals surface area contributed by atoms with E-state index in [1.807, 2.05) is 0 Å². The molecule has 0 aromatic heterocycles. The van der Waals surface area contributed by atoms with E-state index < -0.39 is 0 Å². The molecule has 1 aliphatic rings. The van der Waals surface area contributed by atoms with Gasteiger partial charge in [0.25, 0.3) is 0 Å². The van der Waals surface area contributed by atoms with Gasteiger partial charge < -0.3 is 5.73 Å². The molecule has 0 aliphatic heterocycles. The normalized spacial score (nSPS) is 42.8. The van der Waals surface area contributed by atoms with Gasteiger partial charge in [0, 0.05) is 5.54 Å². The van der Waals surface area contributed by atoms with Gasteiger partial charge in [-0.2, -0.15) is 0 Å². The first-order valence-corrected chi connectivity index (χ1v) is 7.24. The second-order valence-corrected chi connectivity index (χ2v) is 6.24. The number of hydrogen-bond donors (Lipinski definition) is 1. The summed E-state index contributed by atoms with van der Waals surface area (Å²) in [4.78, 5) is 0. The molecule has 1 nitrogen and oxygen atoms in total. The van der Waals surface area contributed by atoms with E-state index in [2.05, 4.69) is 34.6 Å². The number of rotatable bonds is 3. The minimum Gasteiger partial charge on any atom is -0.325 e. The summed E-state index contributed by atoms with van der Waals surface area (Å²) in [6.07, 6.45) is 6.51. The lowest BCUT2D eigenvalue weighted by molar-refractivity contribution is 0.134. The van der Waals surface area contributed by atoms with Gasteiger partial charge in [-0.05, 0) is 30.1 Å². The van der Waals surface area contributed by atoms with Crippen LogP contribution in [0.5, 0.6) is 0 Å². The van der Waals surface area contributed by atoms with Gasteiger partial charge in [-0.1, -0.05) is 60.3 Å². The lowest BCUT2D eigenvalue weighted by atomic mass is 9.68. The monoisotopic (exact) mass is 225 g/mol. The number of hydrogen-bond acceptors (Lipinski definition) is 1. The van der Waals surface area contributed by atoms with Crippen LogP contribution in [0.3, 0.4) is 0 Å². The van der Waals surface area contributed by atoms with Crippen molar-refractivity contribution in [1.82, 2.24) is 0 Å². The Bertz CT molecular complexity index is 213. The molecule has 0 radical (unpaired) electrons. The summed E-state index contributed by atoms with van der Waals surface area (Å²) in [5.74, 6) is 2.96. The molecule has 0 aromatic carbocycles. The highest BCUT2D eigenvalue weighted by molar-refractivity contribution is 4.98. The van der Waals surface area contributed by atoms with Crippen molar-refractivity contribution in [3.63, 3.8) is 0 Å². The van der Waals surface area contributed by atoms with Crippen LogP contribution in [-0.2, 0) is 0 Å². The Morgan fingerprint density at radius 3 is 2.38 bits per heavy atom. The lowest BCUT2D eigenvalue weighted by Gasteiger charge is -2.43. The summed E-state index contributed by atoms with van der Waals surface area (Å²) in [5, 5.41) is 0. The molecular formula is C15H31N. The highest BCUT2D eigenvalue weighted by atomic mass is 14.8. The van der Waals surface area contributed by atoms with E-state index in [0.29, 0.717) is 11.8 Å². The molecule has 1 fully saturated rings. The van der Waals surface area contributed by atoms with Crippen molar-refractivity contribution < 1.29 is 0 Å². The van der Waals surface area contributed by atoms with E-state index in [1.165, 1.54) is 32.1 Å². The topological polar surface area (TPSA) is 26.0 Å². The van der Waals surface area contributed by atoms with Crippen LogP contribution in [0.2, 0.25) is 0 Å². The van der Waals surface area contributed by atoms with E-state index in [9.17, 15) is 0 Å². The summed E-state index contributed by atoms with van der Waals surface area (Å²) in [6, 6.07) is 0. The molecule has 96 valence electrons. The van der Waals surface area contributed by atoms with Crippen molar-refractivity contribution in [1.29, 1.82) is 0 Å². The number of nitrogens with two attached hydrogens (primary N) is 1. The van der Waals surface area contributed by atoms with Crippen molar-refractivity contribution in [3.05, 3.63) is 0 Å². The van der Waals surface area contributed by atoms with Crippen molar-refractivity contribution in [3.8, 4) is 0 Å². The van der Waals surface area contributed by atoms with E-state index in [-0.39, 0.29) is 5.54 Å².